The summed E-state index contributed by atoms with van der Waals surface area (Å²) in [6.45, 7) is 5.41. The minimum Gasteiger partial charge on any atom is -0.497 e. The first kappa shape index (κ1) is 23.1. The third-order valence-electron chi connectivity index (χ3n) is 5.25. The van der Waals surface area contributed by atoms with Gasteiger partial charge in [-0.15, -0.1) is 0 Å². The first-order chi connectivity index (χ1) is 16.0. The maximum atomic E-state index is 13.3. The summed E-state index contributed by atoms with van der Waals surface area (Å²) in [6, 6.07) is 17.5. The van der Waals surface area contributed by atoms with E-state index in [0.717, 1.165) is 39.1 Å². The smallest absolute Gasteiger partial charge is 0.266 e. The lowest BCUT2D eigenvalue weighted by atomic mass is 10.0. The molecule has 0 spiro atoms. The molecule has 1 fully saturated rings. The van der Waals surface area contributed by atoms with Gasteiger partial charge >= 0.3 is 0 Å². The summed E-state index contributed by atoms with van der Waals surface area (Å²) in [4.78, 5) is 15.5. The van der Waals surface area contributed by atoms with E-state index in [2.05, 4.69) is 0 Å². The summed E-state index contributed by atoms with van der Waals surface area (Å²) in [5, 5.41) is 2.01. The van der Waals surface area contributed by atoms with E-state index < -0.39 is 0 Å². The molecule has 1 aliphatic heterocycles. The van der Waals surface area contributed by atoms with Gasteiger partial charge < -0.3 is 14.2 Å². The van der Waals surface area contributed by atoms with Crippen molar-refractivity contribution < 1.29 is 19.0 Å². The Hall–Kier alpha value is -3.03. The molecule has 3 aromatic rings. The molecule has 1 heterocycles. The molecule has 5 nitrogen and oxygen atoms in total. The van der Waals surface area contributed by atoms with E-state index in [-0.39, 0.29) is 5.91 Å². The second-order valence-electron chi connectivity index (χ2n) is 7.34. The van der Waals surface area contributed by atoms with Crippen LogP contribution in [-0.2, 0) is 11.3 Å². The fourth-order valence-electron chi connectivity index (χ4n) is 3.67. The van der Waals surface area contributed by atoms with E-state index in [4.69, 9.17) is 26.4 Å². The molecular weight excluding hydrogens is 454 g/mol. The fraction of sp³-hybridized carbons (Fsp3) is 0.231. The van der Waals surface area contributed by atoms with Gasteiger partial charge in [-0.25, -0.2) is 0 Å². The minimum absolute atomic E-state index is 0.110. The highest BCUT2D eigenvalue weighted by molar-refractivity contribution is 8.26. The van der Waals surface area contributed by atoms with Crippen LogP contribution < -0.4 is 14.2 Å². The number of nitrogens with zero attached hydrogens (tertiary/aromatic N) is 1. The maximum absolute atomic E-state index is 13.3. The van der Waals surface area contributed by atoms with E-state index in [9.17, 15) is 4.79 Å². The average molecular weight is 480 g/mol. The minimum atomic E-state index is -0.110. The van der Waals surface area contributed by atoms with E-state index in [1.54, 1.807) is 12.0 Å². The lowest BCUT2D eigenvalue weighted by Crippen LogP contribution is -2.27. The third kappa shape index (κ3) is 4.99. The van der Waals surface area contributed by atoms with Crippen LogP contribution in [0.15, 0.2) is 59.5 Å². The number of carbonyl (C=O) groups is 1. The average Bonchev–Trinajstić information content (AvgIpc) is 3.09. The van der Waals surface area contributed by atoms with E-state index in [1.807, 2.05) is 74.5 Å². The van der Waals surface area contributed by atoms with Crippen LogP contribution >= 0.6 is 24.0 Å². The Bertz CT molecular complexity index is 1220. The molecule has 0 aliphatic carbocycles. The number of fused-ring (bicyclic) bond motifs is 1. The zero-order valence-corrected chi connectivity index (χ0v) is 20.4. The summed E-state index contributed by atoms with van der Waals surface area (Å²) in [7, 11) is 1.63. The molecule has 0 radical (unpaired) electrons. The first-order valence-corrected chi connectivity index (χ1v) is 12.0. The number of benzene rings is 3. The number of ether oxygens (including phenoxy) is 3. The molecule has 7 heteroatoms. The lowest BCUT2D eigenvalue weighted by molar-refractivity contribution is -0.122. The van der Waals surface area contributed by atoms with Gasteiger partial charge in [0.1, 0.15) is 21.6 Å². The molecule has 4 rings (SSSR count). The van der Waals surface area contributed by atoms with Crippen molar-refractivity contribution in [3.63, 3.8) is 0 Å². The van der Waals surface area contributed by atoms with Crippen molar-refractivity contribution in [1.82, 2.24) is 4.90 Å². The van der Waals surface area contributed by atoms with Crippen molar-refractivity contribution in [1.29, 1.82) is 0 Å². The molecule has 33 heavy (non-hydrogen) atoms. The number of hydrogen-bond donors (Lipinski definition) is 0. The van der Waals surface area contributed by atoms with Crippen LogP contribution in [0.3, 0.4) is 0 Å². The summed E-state index contributed by atoms with van der Waals surface area (Å²) in [5.41, 5.74) is 1.83. The third-order valence-corrected chi connectivity index (χ3v) is 6.63. The molecular formula is C26H25NO4S2. The second kappa shape index (κ2) is 10.3. The number of carbonyl (C=O) groups excluding carboxylic acids is 1. The molecule has 0 saturated carbocycles. The predicted molar refractivity (Wildman–Crippen MR) is 138 cm³/mol. The van der Waals surface area contributed by atoms with Gasteiger partial charge in [-0.2, -0.15) is 0 Å². The largest absolute Gasteiger partial charge is 0.497 e. The van der Waals surface area contributed by atoms with Gasteiger partial charge in [-0.05, 0) is 66.6 Å². The Morgan fingerprint density at radius 3 is 2.36 bits per heavy atom. The van der Waals surface area contributed by atoms with Crippen LogP contribution in [0.2, 0.25) is 0 Å². The number of rotatable bonds is 8. The van der Waals surface area contributed by atoms with Crippen molar-refractivity contribution in [2.24, 2.45) is 0 Å². The Morgan fingerprint density at radius 2 is 1.67 bits per heavy atom. The molecule has 0 aromatic heterocycles. The van der Waals surface area contributed by atoms with Gasteiger partial charge in [-0.1, -0.05) is 48.2 Å². The van der Waals surface area contributed by atoms with Crippen LogP contribution in [0.1, 0.15) is 25.0 Å². The summed E-state index contributed by atoms with van der Waals surface area (Å²) in [5.74, 6) is 2.16. The van der Waals surface area contributed by atoms with E-state index >= 15 is 0 Å². The number of thiocarbonyl (C=S) groups is 1. The van der Waals surface area contributed by atoms with Crippen LogP contribution in [-0.4, -0.2) is 35.5 Å². The highest BCUT2D eigenvalue weighted by Crippen LogP contribution is 2.38. The van der Waals surface area contributed by atoms with Gasteiger partial charge in [0.25, 0.3) is 5.91 Å². The zero-order valence-electron chi connectivity index (χ0n) is 18.8. The monoisotopic (exact) mass is 479 g/mol. The van der Waals surface area contributed by atoms with Gasteiger partial charge in [-0.3, -0.25) is 9.69 Å². The van der Waals surface area contributed by atoms with Crippen molar-refractivity contribution >= 4 is 51.1 Å². The maximum Gasteiger partial charge on any atom is 0.266 e. The quantitative estimate of drug-likeness (QED) is 0.290. The standard InChI is InChI=1S/C26H25NO4S2/c1-4-30-20-12-8-18-9-13-23(31-5-2)22(21(18)14-20)15-24-25(28)27(26(32)33-24)16-17-6-10-19(29-3)11-7-17/h6-15H,4-5,16H2,1-3H3/b24-15-. The van der Waals surface area contributed by atoms with Crippen molar-refractivity contribution in [2.45, 2.75) is 20.4 Å². The lowest BCUT2D eigenvalue weighted by Gasteiger charge is -2.15. The van der Waals surface area contributed by atoms with Crippen LogP contribution in [0.4, 0.5) is 0 Å². The summed E-state index contributed by atoms with van der Waals surface area (Å²) >= 11 is 6.86. The molecule has 1 saturated heterocycles. The van der Waals surface area contributed by atoms with Gasteiger partial charge in [0.15, 0.2) is 0 Å². The SMILES string of the molecule is CCOc1ccc2ccc(OCC)c(/C=C3\SC(=S)N(Cc4ccc(OC)cc4)C3=O)c2c1. The van der Waals surface area contributed by atoms with Gasteiger partial charge in [0.2, 0.25) is 0 Å². The molecule has 0 atom stereocenters. The Kier molecular flexibility index (Phi) is 7.20. The highest BCUT2D eigenvalue weighted by atomic mass is 32.2. The molecule has 1 amide bonds. The first-order valence-electron chi connectivity index (χ1n) is 10.7. The van der Waals surface area contributed by atoms with Crippen LogP contribution in [0.5, 0.6) is 17.2 Å². The fourth-order valence-corrected chi connectivity index (χ4v) is 4.91. The Morgan fingerprint density at radius 1 is 0.970 bits per heavy atom. The van der Waals surface area contributed by atoms with Gasteiger partial charge in [0.05, 0.1) is 31.8 Å². The normalized spacial score (nSPS) is 14.9. The van der Waals surface area contributed by atoms with Crippen LogP contribution in [0, 0.1) is 0 Å². The predicted octanol–water partition coefficient (Wildman–Crippen LogP) is 6.05. The number of methoxy groups -OCH3 is 1. The van der Waals surface area contributed by atoms with Crippen LogP contribution in [0.25, 0.3) is 16.8 Å². The topological polar surface area (TPSA) is 48.0 Å². The van der Waals surface area contributed by atoms with Gasteiger partial charge in [0, 0.05) is 5.56 Å². The molecule has 1 aliphatic rings. The van der Waals surface area contributed by atoms with Crippen molar-refractivity contribution in [3.05, 3.63) is 70.6 Å². The molecule has 0 N–H and O–H groups in total. The van der Waals surface area contributed by atoms with E-state index in [0.29, 0.717) is 29.0 Å². The molecule has 170 valence electrons. The van der Waals surface area contributed by atoms with Crippen molar-refractivity contribution in [3.8, 4) is 17.2 Å². The molecule has 0 bridgehead atoms. The number of amides is 1. The summed E-state index contributed by atoms with van der Waals surface area (Å²) in [6.07, 6.45) is 1.89. The molecule has 0 unspecified atom stereocenters. The Labute approximate surface area is 203 Å². The highest BCUT2D eigenvalue weighted by Gasteiger charge is 2.32. The molecule has 3 aromatic carbocycles. The summed E-state index contributed by atoms with van der Waals surface area (Å²) < 4.78 is 17.4. The Balaban J connectivity index is 1.70. The zero-order chi connectivity index (χ0) is 23.4. The van der Waals surface area contributed by atoms with Crippen molar-refractivity contribution in [2.75, 3.05) is 20.3 Å². The second-order valence-corrected chi connectivity index (χ2v) is 9.02. The van der Waals surface area contributed by atoms with E-state index in [1.165, 1.54) is 11.8 Å². The number of thioether (sulfide) groups is 1. The number of hydrogen-bond acceptors (Lipinski definition) is 6.